The lowest BCUT2D eigenvalue weighted by molar-refractivity contribution is -0.119. The van der Waals surface area contributed by atoms with Crippen molar-refractivity contribution in [2.24, 2.45) is 11.7 Å². The summed E-state index contributed by atoms with van der Waals surface area (Å²) in [5.41, 5.74) is 6.54. The number of primary amides is 1. The highest BCUT2D eigenvalue weighted by Crippen LogP contribution is 2.23. The molecule has 4 rings (SSSR count). The summed E-state index contributed by atoms with van der Waals surface area (Å²) >= 11 is 0. The van der Waals surface area contributed by atoms with Gasteiger partial charge >= 0.3 is 6.03 Å². The molecule has 3 aromatic rings. The van der Waals surface area contributed by atoms with E-state index >= 15 is 0 Å². The smallest absolute Gasteiger partial charge is 0.321 e. The number of urea groups is 1. The van der Waals surface area contributed by atoms with Crippen LogP contribution in [0.3, 0.4) is 0 Å². The van der Waals surface area contributed by atoms with Gasteiger partial charge in [-0.2, -0.15) is 0 Å². The summed E-state index contributed by atoms with van der Waals surface area (Å²) in [7, 11) is 0. The minimum atomic E-state index is -1.02. The number of anilines is 2. The van der Waals surface area contributed by atoms with Gasteiger partial charge in [0.2, 0.25) is 5.91 Å². The molecule has 1 saturated heterocycles. The number of halogens is 2. The Morgan fingerprint density at radius 1 is 1.03 bits per heavy atom. The van der Waals surface area contributed by atoms with Crippen molar-refractivity contribution in [1.82, 2.24) is 19.8 Å². The van der Waals surface area contributed by atoms with Crippen molar-refractivity contribution in [2.45, 2.75) is 26.4 Å². The third-order valence-corrected chi connectivity index (χ3v) is 6.11. The van der Waals surface area contributed by atoms with Gasteiger partial charge in [-0.15, -0.1) is 0 Å². The van der Waals surface area contributed by atoms with Gasteiger partial charge in [0.05, 0.1) is 12.1 Å². The fourth-order valence-electron chi connectivity index (χ4n) is 4.10. The second kappa shape index (κ2) is 10.8. The van der Waals surface area contributed by atoms with E-state index in [4.69, 9.17) is 10.7 Å². The van der Waals surface area contributed by atoms with Crippen molar-refractivity contribution in [2.75, 3.05) is 36.8 Å². The van der Waals surface area contributed by atoms with Crippen molar-refractivity contribution < 1.29 is 18.4 Å². The van der Waals surface area contributed by atoms with E-state index in [9.17, 15) is 18.4 Å². The van der Waals surface area contributed by atoms with Crippen LogP contribution in [-0.4, -0.2) is 63.9 Å². The maximum atomic E-state index is 13.4. The number of carbonyl (C=O) groups excluding carboxylic acids is 2. The number of hydrogen-bond donors (Lipinski definition) is 3. The number of fused-ring (bicyclic) bond motifs is 1. The quantitative estimate of drug-likeness (QED) is 0.462. The standard InChI is InChI=1S/C25H29F2N7O2/c1-15(2)22(23(28)35)32-24-17-5-3-4-6-20(17)30-21(31-24)14-33-9-11-34(12-10-33)25(36)29-16-7-8-18(26)19(27)13-16/h3-8,13,15,22H,9-12,14H2,1-2H3,(H2,28,35)(H,29,36)(H,30,31,32)/t22-/m0/s1. The molecule has 4 N–H and O–H groups in total. The number of rotatable bonds is 7. The molecule has 1 atom stereocenters. The van der Waals surface area contributed by atoms with E-state index in [-0.39, 0.29) is 17.6 Å². The van der Waals surface area contributed by atoms with Crippen LogP contribution in [0.25, 0.3) is 10.9 Å². The second-order valence-corrected chi connectivity index (χ2v) is 9.10. The van der Waals surface area contributed by atoms with Crippen LogP contribution in [0.4, 0.5) is 25.1 Å². The minimum Gasteiger partial charge on any atom is -0.368 e. The molecule has 1 aromatic heterocycles. The predicted octanol–water partition coefficient (Wildman–Crippen LogP) is 3.18. The van der Waals surface area contributed by atoms with E-state index in [1.165, 1.54) is 6.07 Å². The van der Waals surface area contributed by atoms with Gasteiger partial charge in [-0.05, 0) is 30.2 Å². The van der Waals surface area contributed by atoms with Crippen LogP contribution < -0.4 is 16.4 Å². The number of piperazine rings is 1. The van der Waals surface area contributed by atoms with Gasteiger partial charge < -0.3 is 21.3 Å². The summed E-state index contributed by atoms with van der Waals surface area (Å²) in [5.74, 6) is -1.32. The Kier molecular flexibility index (Phi) is 7.58. The van der Waals surface area contributed by atoms with E-state index in [1.807, 2.05) is 38.1 Å². The average Bonchev–Trinajstić information content (AvgIpc) is 2.84. The molecule has 0 bridgehead atoms. The number of nitrogens with two attached hydrogens (primary N) is 1. The molecule has 1 fully saturated rings. The van der Waals surface area contributed by atoms with Crippen LogP contribution >= 0.6 is 0 Å². The number of benzene rings is 2. The van der Waals surface area contributed by atoms with E-state index in [2.05, 4.69) is 20.5 Å². The van der Waals surface area contributed by atoms with Gasteiger partial charge in [0.25, 0.3) is 0 Å². The molecule has 2 heterocycles. The zero-order valence-corrected chi connectivity index (χ0v) is 20.2. The maximum Gasteiger partial charge on any atom is 0.321 e. The average molecular weight is 498 g/mol. The molecular weight excluding hydrogens is 468 g/mol. The molecule has 9 nitrogen and oxygen atoms in total. The summed E-state index contributed by atoms with van der Waals surface area (Å²) in [4.78, 5) is 37.6. The summed E-state index contributed by atoms with van der Waals surface area (Å²) in [6.45, 7) is 6.35. The Morgan fingerprint density at radius 2 is 1.75 bits per heavy atom. The highest BCUT2D eigenvalue weighted by Gasteiger charge is 2.24. The lowest BCUT2D eigenvalue weighted by Gasteiger charge is -2.34. The van der Waals surface area contributed by atoms with Crippen LogP contribution in [0.15, 0.2) is 42.5 Å². The van der Waals surface area contributed by atoms with Crippen molar-refractivity contribution in [3.8, 4) is 0 Å². The number of amides is 3. The third-order valence-electron chi connectivity index (χ3n) is 6.11. The fraction of sp³-hybridized carbons (Fsp3) is 0.360. The summed E-state index contributed by atoms with van der Waals surface area (Å²) in [6, 6.07) is 9.85. The van der Waals surface area contributed by atoms with Crippen molar-refractivity contribution >= 4 is 34.3 Å². The van der Waals surface area contributed by atoms with Gasteiger partial charge in [-0.3, -0.25) is 9.69 Å². The van der Waals surface area contributed by atoms with Gasteiger partial charge in [-0.1, -0.05) is 26.0 Å². The van der Waals surface area contributed by atoms with Gasteiger partial charge in [0, 0.05) is 43.3 Å². The second-order valence-electron chi connectivity index (χ2n) is 9.10. The molecule has 11 heteroatoms. The molecule has 0 saturated carbocycles. The number of carbonyl (C=O) groups is 2. The fourth-order valence-corrected chi connectivity index (χ4v) is 4.10. The molecule has 0 spiro atoms. The van der Waals surface area contributed by atoms with Crippen LogP contribution in [0, 0.1) is 17.6 Å². The topological polar surface area (TPSA) is 116 Å². The van der Waals surface area contributed by atoms with Gasteiger partial charge in [0.15, 0.2) is 11.6 Å². The summed E-state index contributed by atoms with van der Waals surface area (Å²) < 4.78 is 26.5. The summed E-state index contributed by atoms with van der Waals surface area (Å²) in [5, 5.41) is 6.59. The molecule has 2 aromatic carbocycles. The first-order chi connectivity index (χ1) is 17.2. The van der Waals surface area contributed by atoms with Crippen LogP contribution in [-0.2, 0) is 11.3 Å². The Hall–Kier alpha value is -3.86. The molecule has 0 unspecified atom stereocenters. The molecular formula is C25H29F2N7O2. The molecule has 0 aliphatic carbocycles. The first kappa shape index (κ1) is 25.2. The Labute approximate surface area is 207 Å². The highest BCUT2D eigenvalue weighted by atomic mass is 19.2. The number of nitrogens with one attached hydrogen (secondary N) is 2. The molecule has 1 aliphatic rings. The van der Waals surface area contributed by atoms with Crippen LogP contribution in [0.2, 0.25) is 0 Å². The zero-order valence-electron chi connectivity index (χ0n) is 20.2. The zero-order chi connectivity index (χ0) is 25.8. The number of nitrogens with zero attached hydrogens (tertiary/aromatic N) is 4. The minimum absolute atomic E-state index is 0.0229. The Balaban J connectivity index is 1.42. The van der Waals surface area contributed by atoms with E-state index in [0.29, 0.717) is 44.4 Å². The predicted molar refractivity (Wildman–Crippen MR) is 133 cm³/mol. The van der Waals surface area contributed by atoms with Gasteiger partial charge in [0.1, 0.15) is 17.7 Å². The highest BCUT2D eigenvalue weighted by molar-refractivity contribution is 5.92. The molecule has 0 radical (unpaired) electrons. The first-order valence-corrected chi connectivity index (χ1v) is 11.8. The van der Waals surface area contributed by atoms with Crippen molar-refractivity contribution in [3.63, 3.8) is 0 Å². The number of para-hydroxylation sites is 1. The first-order valence-electron chi connectivity index (χ1n) is 11.8. The molecule has 36 heavy (non-hydrogen) atoms. The summed E-state index contributed by atoms with van der Waals surface area (Å²) in [6.07, 6.45) is 0. The Morgan fingerprint density at radius 3 is 2.42 bits per heavy atom. The normalized spacial score (nSPS) is 15.2. The van der Waals surface area contributed by atoms with E-state index < -0.39 is 23.6 Å². The van der Waals surface area contributed by atoms with E-state index in [0.717, 1.165) is 23.0 Å². The monoisotopic (exact) mass is 497 g/mol. The molecule has 3 amide bonds. The van der Waals surface area contributed by atoms with Crippen molar-refractivity contribution in [1.29, 1.82) is 0 Å². The van der Waals surface area contributed by atoms with Crippen molar-refractivity contribution in [3.05, 3.63) is 59.9 Å². The lowest BCUT2D eigenvalue weighted by atomic mass is 10.0. The number of aromatic nitrogens is 2. The van der Waals surface area contributed by atoms with Crippen LogP contribution in [0.1, 0.15) is 19.7 Å². The van der Waals surface area contributed by atoms with Crippen LogP contribution in [0.5, 0.6) is 0 Å². The number of hydrogen-bond acceptors (Lipinski definition) is 6. The lowest BCUT2D eigenvalue weighted by Crippen LogP contribution is -2.49. The SMILES string of the molecule is CC(C)[C@H](Nc1nc(CN2CCN(C(=O)Nc3ccc(F)c(F)c3)CC2)nc2ccccc12)C(N)=O. The Bertz CT molecular complexity index is 1260. The molecule has 1 aliphatic heterocycles. The molecule has 190 valence electrons. The largest absolute Gasteiger partial charge is 0.368 e. The third kappa shape index (κ3) is 5.85. The van der Waals surface area contributed by atoms with E-state index in [1.54, 1.807) is 4.90 Å². The van der Waals surface area contributed by atoms with Gasteiger partial charge in [-0.25, -0.2) is 23.5 Å². The maximum absolute atomic E-state index is 13.4.